The SMILES string of the molecule is OCCn1cc(Nc2nc(N[C@@H]3CCNC3)c3c(Cl)c[nH]c3n2)cn1. The summed E-state index contributed by atoms with van der Waals surface area (Å²) in [7, 11) is 0. The van der Waals surface area contributed by atoms with Crippen molar-refractivity contribution in [1.82, 2.24) is 30.0 Å². The molecule has 0 spiro atoms. The van der Waals surface area contributed by atoms with E-state index < -0.39 is 0 Å². The molecule has 1 saturated heterocycles. The molecule has 9 nitrogen and oxygen atoms in total. The van der Waals surface area contributed by atoms with Crippen molar-refractivity contribution in [2.75, 3.05) is 30.3 Å². The third-order valence-corrected chi connectivity index (χ3v) is 4.40. The first-order valence-electron chi connectivity index (χ1n) is 8.15. The molecule has 0 bridgehead atoms. The highest BCUT2D eigenvalue weighted by Crippen LogP contribution is 2.30. The molecule has 25 heavy (non-hydrogen) atoms. The van der Waals surface area contributed by atoms with Gasteiger partial charge in [-0.25, -0.2) is 0 Å². The average molecular weight is 363 g/mol. The van der Waals surface area contributed by atoms with E-state index in [-0.39, 0.29) is 6.61 Å². The van der Waals surface area contributed by atoms with Crippen LogP contribution in [0.1, 0.15) is 6.42 Å². The zero-order chi connectivity index (χ0) is 17.2. The Morgan fingerprint density at radius 3 is 3.12 bits per heavy atom. The molecule has 10 heteroatoms. The Morgan fingerprint density at radius 2 is 2.32 bits per heavy atom. The van der Waals surface area contributed by atoms with E-state index in [2.05, 4.69) is 36.0 Å². The van der Waals surface area contributed by atoms with E-state index in [1.165, 1.54) is 0 Å². The van der Waals surface area contributed by atoms with Crippen molar-refractivity contribution in [3.8, 4) is 0 Å². The van der Waals surface area contributed by atoms with Crippen molar-refractivity contribution < 1.29 is 5.11 Å². The smallest absolute Gasteiger partial charge is 0.231 e. The van der Waals surface area contributed by atoms with Crippen molar-refractivity contribution in [3.05, 3.63) is 23.6 Å². The summed E-state index contributed by atoms with van der Waals surface area (Å²) in [5.41, 5.74) is 1.41. The second-order valence-electron chi connectivity index (χ2n) is 5.93. The monoisotopic (exact) mass is 362 g/mol. The molecule has 1 fully saturated rings. The van der Waals surface area contributed by atoms with Gasteiger partial charge >= 0.3 is 0 Å². The zero-order valence-electron chi connectivity index (χ0n) is 13.5. The van der Waals surface area contributed by atoms with Gasteiger partial charge in [-0.05, 0) is 13.0 Å². The standard InChI is InChI=1S/C15H19ClN8O/c16-11-7-18-13-12(11)14(20-9-1-2-17-5-9)23-15(22-13)21-10-6-19-24(8-10)3-4-25/h6-9,17,25H,1-5H2,(H3,18,20,21,22,23)/t9-/m1/s1. The van der Waals surface area contributed by atoms with Crippen LogP contribution in [0.3, 0.4) is 0 Å². The van der Waals surface area contributed by atoms with Crippen molar-refractivity contribution >= 4 is 40.1 Å². The number of aliphatic hydroxyl groups is 1. The first kappa shape index (κ1) is 16.1. The van der Waals surface area contributed by atoms with E-state index in [9.17, 15) is 0 Å². The maximum atomic E-state index is 8.98. The molecule has 0 aromatic carbocycles. The van der Waals surface area contributed by atoms with Gasteiger partial charge in [-0.1, -0.05) is 11.6 Å². The van der Waals surface area contributed by atoms with Crippen molar-refractivity contribution in [1.29, 1.82) is 0 Å². The number of hydrogen-bond donors (Lipinski definition) is 5. The molecular weight excluding hydrogens is 344 g/mol. The minimum absolute atomic E-state index is 0.0358. The van der Waals surface area contributed by atoms with Crippen LogP contribution in [0.2, 0.25) is 5.02 Å². The fourth-order valence-corrected chi connectivity index (χ4v) is 3.14. The normalized spacial score (nSPS) is 17.3. The average Bonchev–Trinajstić information content (AvgIpc) is 3.31. The summed E-state index contributed by atoms with van der Waals surface area (Å²) in [5.74, 6) is 1.15. The lowest BCUT2D eigenvalue weighted by molar-refractivity contribution is 0.269. The highest BCUT2D eigenvalue weighted by atomic mass is 35.5. The van der Waals surface area contributed by atoms with Gasteiger partial charge in [0.05, 0.1) is 35.4 Å². The highest BCUT2D eigenvalue weighted by Gasteiger charge is 2.19. The van der Waals surface area contributed by atoms with Gasteiger partial charge in [0.15, 0.2) is 0 Å². The van der Waals surface area contributed by atoms with Gasteiger partial charge in [0, 0.05) is 25.0 Å². The Bertz CT molecular complexity index is 870. The number of aromatic nitrogens is 5. The Kier molecular flexibility index (Phi) is 4.43. The Labute approximate surface area is 148 Å². The minimum atomic E-state index is 0.0358. The summed E-state index contributed by atoms with van der Waals surface area (Å²) in [4.78, 5) is 12.1. The van der Waals surface area contributed by atoms with Gasteiger partial charge in [-0.2, -0.15) is 15.1 Å². The second-order valence-corrected chi connectivity index (χ2v) is 6.34. The first-order chi connectivity index (χ1) is 12.2. The number of nitrogens with one attached hydrogen (secondary N) is 4. The molecule has 3 aromatic rings. The van der Waals surface area contributed by atoms with E-state index in [4.69, 9.17) is 16.7 Å². The Morgan fingerprint density at radius 1 is 1.40 bits per heavy atom. The summed E-state index contributed by atoms with van der Waals surface area (Å²) < 4.78 is 1.65. The molecule has 0 aliphatic carbocycles. The molecule has 0 unspecified atom stereocenters. The molecule has 1 aliphatic heterocycles. The van der Waals surface area contributed by atoms with Gasteiger partial charge in [0.2, 0.25) is 5.95 Å². The first-order valence-corrected chi connectivity index (χ1v) is 8.53. The van der Waals surface area contributed by atoms with Crippen LogP contribution in [0.15, 0.2) is 18.6 Å². The Balaban J connectivity index is 1.64. The van der Waals surface area contributed by atoms with Crippen LogP contribution in [-0.2, 0) is 6.54 Å². The summed E-state index contributed by atoms with van der Waals surface area (Å²) in [6.07, 6.45) is 6.20. The van der Waals surface area contributed by atoms with Crippen LogP contribution in [0.4, 0.5) is 17.5 Å². The van der Waals surface area contributed by atoms with Crippen molar-refractivity contribution in [2.24, 2.45) is 0 Å². The lowest BCUT2D eigenvalue weighted by Crippen LogP contribution is -2.23. The molecular formula is C15H19ClN8O. The lowest BCUT2D eigenvalue weighted by Gasteiger charge is -2.14. The number of anilines is 3. The fraction of sp³-hybridized carbons (Fsp3) is 0.400. The number of fused-ring (bicyclic) bond motifs is 1. The molecule has 1 atom stereocenters. The number of nitrogens with zero attached hydrogens (tertiary/aromatic N) is 4. The third kappa shape index (κ3) is 3.39. The van der Waals surface area contributed by atoms with Crippen molar-refractivity contribution in [2.45, 2.75) is 19.0 Å². The van der Waals surface area contributed by atoms with Gasteiger partial charge < -0.3 is 26.0 Å². The second kappa shape index (κ2) is 6.87. The summed E-state index contributed by atoms with van der Waals surface area (Å²) in [5, 5.41) is 24.4. The molecule has 1 aliphatic rings. The topological polar surface area (TPSA) is 116 Å². The number of rotatable bonds is 6. The quantitative estimate of drug-likeness (QED) is 0.449. The van der Waals surface area contributed by atoms with Crippen LogP contribution in [0, 0.1) is 0 Å². The molecule has 5 N–H and O–H groups in total. The Hall–Kier alpha value is -2.36. The predicted octanol–water partition coefficient (Wildman–Crippen LogP) is 1.32. The molecule has 0 radical (unpaired) electrons. The number of aromatic amines is 1. The molecule has 4 heterocycles. The largest absolute Gasteiger partial charge is 0.394 e. The van der Waals surface area contributed by atoms with Crippen LogP contribution in [-0.4, -0.2) is 55.6 Å². The number of halogens is 1. The van der Waals surface area contributed by atoms with Gasteiger partial charge in [0.25, 0.3) is 0 Å². The molecule has 4 rings (SSSR count). The number of hydrogen-bond acceptors (Lipinski definition) is 7. The fourth-order valence-electron chi connectivity index (χ4n) is 2.91. The van der Waals surface area contributed by atoms with E-state index in [0.29, 0.717) is 35.0 Å². The maximum Gasteiger partial charge on any atom is 0.231 e. The zero-order valence-corrected chi connectivity index (χ0v) is 14.2. The van der Waals surface area contributed by atoms with Crippen LogP contribution < -0.4 is 16.0 Å². The van der Waals surface area contributed by atoms with E-state index in [1.807, 2.05) is 0 Å². The van der Waals surface area contributed by atoms with Crippen molar-refractivity contribution in [3.63, 3.8) is 0 Å². The summed E-state index contributed by atoms with van der Waals surface area (Å²) >= 11 is 6.29. The summed E-state index contributed by atoms with van der Waals surface area (Å²) in [6.45, 7) is 2.36. The third-order valence-electron chi connectivity index (χ3n) is 4.10. The van der Waals surface area contributed by atoms with Gasteiger partial charge in [-0.15, -0.1) is 0 Å². The van der Waals surface area contributed by atoms with Crippen LogP contribution >= 0.6 is 11.6 Å². The highest BCUT2D eigenvalue weighted by molar-refractivity contribution is 6.36. The van der Waals surface area contributed by atoms with Crippen LogP contribution in [0.5, 0.6) is 0 Å². The molecule has 3 aromatic heterocycles. The number of H-pyrrole nitrogens is 1. The van der Waals surface area contributed by atoms with E-state index >= 15 is 0 Å². The van der Waals surface area contributed by atoms with E-state index in [0.717, 1.165) is 30.6 Å². The predicted molar refractivity (Wildman–Crippen MR) is 96.4 cm³/mol. The molecule has 132 valence electrons. The molecule has 0 saturated carbocycles. The van der Waals surface area contributed by atoms with Gasteiger partial charge in [-0.3, -0.25) is 4.68 Å². The van der Waals surface area contributed by atoms with Gasteiger partial charge in [0.1, 0.15) is 11.5 Å². The van der Waals surface area contributed by atoms with Crippen LogP contribution in [0.25, 0.3) is 11.0 Å². The minimum Gasteiger partial charge on any atom is -0.394 e. The van der Waals surface area contributed by atoms with E-state index in [1.54, 1.807) is 23.3 Å². The maximum absolute atomic E-state index is 8.98. The number of aliphatic hydroxyl groups excluding tert-OH is 1. The summed E-state index contributed by atoms with van der Waals surface area (Å²) in [6, 6.07) is 0.309. The molecule has 0 amide bonds. The lowest BCUT2D eigenvalue weighted by atomic mass is 10.2.